The predicted molar refractivity (Wildman–Crippen MR) is 150 cm³/mol. The first-order chi connectivity index (χ1) is 16.7. The molecule has 0 unspecified atom stereocenters. The van der Waals surface area contributed by atoms with Crippen molar-refractivity contribution in [2.45, 2.75) is 168 Å². The maximum absolute atomic E-state index is 10.4. The molecule has 0 aliphatic heterocycles. The van der Waals surface area contributed by atoms with Crippen molar-refractivity contribution in [1.29, 1.82) is 0 Å². The van der Waals surface area contributed by atoms with E-state index in [1.807, 2.05) is 12.1 Å². The van der Waals surface area contributed by atoms with E-state index in [0.29, 0.717) is 11.5 Å². The van der Waals surface area contributed by atoms with E-state index in [1.54, 1.807) is 0 Å². The molecule has 1 aromatic rings. The SMILES string of the molecule is CCCCCCCCCCCCCc1cc(O)c(CCCCCCCCCCCCC)cc1O. The summed E-state index contributed by atoms with van der Waals surface area (Å²) in [5.74, 6) is 0.755. The molecule has 0 bridgehead atoms. The van der Waals surface area contributed by atoms with Crippen LogP contribution in [-0.4, -0.2) is 10.2 Å². The molecule has 198 valence electrons. The Morgan fingerprint density at radius 2 is 0.618 bits per heavy atom. The fourth-order valence-electron chi connectivity index (χ4n) is 5.02. The zero-order chi connectivity index (χ0) is 24.7. The lowest BCUT2D eigenvalue weighted by atomic mass is 9.98. The van der Waals surface area contributed by atoms with E-state index in [9.17, 15) is 10.2 Å². The average Bonchev–Trinajstić information content (AvgIpc) is 2.83. The Balaban J connectivity index is 2.07. The van der Waals surface area contributed by atoms with E-state index in [4.69, 9.17) is 0 Å². The van der Waals surface area contributed by atoms with Gasteiger partial charge in [-0.05, 0) is 48.9 Å². The second kappa shape index (κ2) is 22.3. The highest BCUT2D eigenvalue weighted by molar-refractivity contribution is 5.45. The van der Waals surface area contributed by atoms with Crippen LogP contribution in [0.5, 0.6) is 11.5 Å². The molecule has 0 fully saturated rings. The van der Waals surface area contributed by atoms with E-state index in [2.05, 4.69) is 13.8 Å². The molecule has 2 heteroatoms. The van der Waals surface area contributed by atoms with Crippen LogP contribution < -0.4 is 0 Å². The van der Waals surface area contributed by atoms with E-state index < -0.39 is 0 Å². The molecule has 0 aliphatic rings. The maximum Gasteiger partial charge on any atom is 0.119 e. The number of hydrogen-bond donors (Lipinski definition) is 2. The lowest BCUT2D eigenvalue weighted by Crippen LogP contribution is -1.92. The third-order valence-corrected chi connectivity index (χ3v) is 7.38. The first-order valence-corrected chi connectivity index (χ1v) is 15.2. The van der Waals surface area contributed by atoms with Gasteiger partial charge in [0, 0.05) is 0 Å². The Morgan fingerprint density at radius 1 is 0.382 bits per heavy atom. The number of benzene rings is 1. The molecule has 0 atom stereocenters. The van der Waals surface area contributed by atoms with Gasteiger partial charge in [-0.2, -0.15) is 0 Å². The summed E-state index contributed by atoms with van der Waals surface area (Å²) < 4.78 is 0. The lowest BCUT2D eigenvalue weighted by molar-refractivity contribution is 0.445. The van der Waals surface area contributed by atoms with Crippen molar-refractivity contribution < 1.29 is 10.2 Å². The van der Waals surface area contributed by atoms with Crippen molar-refractivity contribution >= 4 is 0 Å². The van der Waals surface area contributed by atoms with Crippen molar-refractivity contribution in [1.82, 2.24) is 0 Å². The fraction of sp³-hybridized carbons (Fsp3) is 0.812. The second-order valence-electron chi connectivity index (χ2n) is 10.7. The normalized spacial score (nSPS) is 11.4. The molecular formula is C32H58O2. The van der Waals surface area contributed by atoms with Crippen LogP contribution in [0.3, 0.4) is 0 Å². The monoisotopic (exact) mass is 474 g/mol. The molecule has 2 nitrogen and oxygen atoms in total. The first-order valence-electron chi connectivity index (χ1n) is 15.2. The summed E-state index contributed by atoms with van der Waals surface area (Å²) in [6.45, 7) is 4.55. The van der Waals surface area contributed by atoms with Crippen LogP contribution in [0.4, 0.5) is 0 Å². The minimum atomic E-state index is 0.378. The van der Waals surface area contributed by atoms with Gasteiger partial charge in [0.15, 0.2) is 0 Å². The third kappa shape index (κ3) is 16.4. The summed E-state index contributed by atoms with van der Waals surface area (Å²) in [5.41, 5.74) is 1.83. The molecule has 0 aliphatic carbocycles. The minimum absolute atomic E-state index is 0.378. The largest absolute Gasteiger partial charge is 0.508 e. The van der Waals surface area contributed by atoms with Crippen molar-refractivity contribution in [2.24, 2.45) is 0 Å². The van der Waals surface area contributed by atoms with Gasteiger partial charge in [0.1, 0.15) is 11.5 Å². The van der Waals surface area contributed by atoms with Crippen LogP contribution in [-0.2, 0) is 12.8 Å². The molecule has 0 heterocycles. The second-order valence-corrected chi connectivity index (χ2v) is 10.7. The Labute approximate surface area is 213 Å². The highest BCUT2D eigenvalue weighted by atomic mass is 16.3. The Kier molecular flexibility index (Phi) is 20.2. The molecular weight excluding hydrogens is 416 g/mol. The molecule has 2 N–H and O–H groups in total. The lowest BCUT2D eigenvalue weighted by Gasteiger charge is -2.10. The number of rotatable bonds is 24. The van der Waals surface area contributed by atoms with Crippen LogP contribution in [0.1, 0.15) is 166 Å². The van der Waals surface area contributed by atoms with Crippen molar-refractivity contribution in [3.8, 4) is 11.5 Å². The number of phenols is 2. The molecule has 0 amide bonds. The van der Waals surface area contributed by atoms with Gasteiger partial charge in [0.05, 0.1) is 0 Å². The molecule has 1 aromatic carbocycles. The molecule has 0 spiro atoms. The summed E-state index contributed by atoms with van der Waals surface area (Å²) in [7, 11) is 0. The van der Waals surface area contributed by atoms with Crippen molar-refractivity contribution in [2.75, 3.05) is 0 Å². The Hall–Kier alpha value is -1.18. The average molecular weight is 475 g/mol. The van der Waals surface area contributed by atoms with E-state index >= 15 is 0 Å². The highest BCUT2D eigenvalue weighted by Gasteiger charge is 2.09. The molecule has 0 aromatic heterocycles. The summed E-state index contributed by atoms with van der Waals surface area (Å²) in [6, 6.07) is 3.64. The first kappa shape index (κ1) is 30.9. The third-order valence-electron chi connectivity index (χ3n) is 7.38. The maximum atomic E-state index is 10.4. The molecule has 0 saturated heterocycles. The zero-order valence-corrected chi connectivity index (χ0v) is 23.0. The van der Waals surface area contributed by atoms with Gasteiger partial charge in [-0.1, -0.05) is 142 Å². The number of aryl methyl sites for hydroxylation is 2. The van der Waals surface area contributed by atoms with E-state index in [-0.39, 0.29) is 0 Å². The number of aromatic hydroxyl groups is 2. The van der Waals surface area contributed by atoms with Crippen LogP contribution >= 0.6 is 0 Å². The van der Waals surface area contributed by atoms with E-state index in [0.717, 1.165) is 36.8 Å². The van der Waals surface area contributed by atoms with Gasteiger partial charge >= 0.3 is 0 Å². The van der Waals surface area contributed by atoms with Gasteiger partial charge in [0.25, 0.3) is 0 Å². The summed E-state index contributed by atoms with van der Waals surface area (Å²) in [4.78, 5) is 0. The van der Waals surface area contributed by atoms with Gasteiger partial charge in [-0.3, -0.25) is 0 Å². The van der Waals surface area contributed by atoms with Gasteiger partial charge in [-0.25, -0.2) is 0 Å². The highest BCUT2D eigenvalue weighted by Crippen LogP contribution is 2.30. The van der Waals surface area contributed by atoms with Gasteiger partial charge < -0.3 is 10.2 Å². The molecule has 0 radical (unpaired) electrons. The standard InChI is InChI=1S/C32H58O2/c1-3-5-7-9-11-13-15-17-19-21-23-25-29-27-32(34)30(28-31(29)33)26-24-22-20-18-16-14-12-10-8-6-4-2/h27-28,33-34H,3-26H2,1-2H3. The van der Waals surface area contributed by atoms with Gasteiger partial charge in [-0.15, -0.1) is 0 Å². The Bertz CT molecular complexity index is 529. The summed E-state index contributed by atoms with van der Waals surface area (Å²) in [6.07, 6.45) is 31.0. The predicted octanol–water partition coefficient (Wildman–Crippen LogP) is 10.8. The van der Waals surface area contributed by atoms with Crippen LogP contribution in [0.25, 0.3) is 0 Å². The van der Waals surface area contributed by atoms with Crippen LogP contribution in [0, 0.1) is 0 Å². The quantitative estimate of drug-likeness (QED) is 0.115. The molecule has 0 saturated carbocycles. The smallest absolute Gasteiger partial charge is 0.119 e. The van der Waals surface area contributed by atoms with Crippen molar-refractivity contribution in [3.63, 3.8) is 0 Å². The number of phenolic OH excluding ortho intramolecular Hbond substituents is 2. The minimum Gasteiger partial charge on any atom is -0.508 e. The fourth-order valence-corrected chi connectivity index (χ4v) is 5.02. The zero-order valence-electron chi connectivity index (χ0n) is 23.0. The topological polar surface area (TPSA) is 40.5 Å². The van der Waals surface area contributed by atoms with Crippen LogP contribution in [0.2, 0.25) is 0 Å². The molecule has 34 heavy (non-hydrogen) atoms. The summed E-state index contributed by atoms with van der Waals surface area (Å²) in [5, 5.41) is 20.9. The summed E-state index contributed by atoms with van der Waals surface area (Å²) >= 11 is 0. The Morgan fingerprint density at radius 3 is 0.882 bits per heavy atom. The van der Waals surface area contributed by atoms with E-state index in [1.165, 1.54) is 128 Å². The van der Waals surface area contributed by atoms with Crippen molar-refractivity contribution in [3.05, 3.63) is 23.3 Å². The number of unbranched alkanes of at least 4 members (excludes halogenated alkanes) is 20. The number of hydrogen-bond acceptors (Lipinski definition) is 2. The van der Waals surface area contributed by atoms with Crippen LogP contribution in [0.15, 0.2) is 12.1 Å². The van der Waals surface area contributed by atoms with Gasteiger partial charge in [0.2, 0.25) is 0 Å². The molecule has 1 rings (SSSR count).